The molecule has 1 aliphatic carbocycles. The zero-order chi connectivity index (χ0) is 39.6. The van der Waals surface area contributed by atoms with Gasteiger partial charge in [-0.3, -0.25) is 4.98 Å². The first-order valence-corrected chi connectivity index (χ1v) is 20.3. The van der Waals surface area contributed by atoms with Crippen molar-refractivity contribution in [3.8, 4) is 78.8 Å². The molecule has 2 aromatic heterocycles. The van der Waals surface area contributed by atoms with Gasteiger partial charge in [-0.25, -0.2) is 9.97 Å². The molecule has 8 aromatic carbocycles. The minimum atomic E-state index is -0.618. The largest absolute Gasteiger partial charge is 0.457 e. The highest BCUT2D eigenvalue weighted by molar-refractivity contribution is 6.07. The Labute approximate surface area is 348 Å². The number of benzene rings is 8. The molecular formula is C56H35N3O. The van der Waals surface area contributed by atoms with Gasteiger partial charge in [-0.1, -0.05) is 176 Å². The van der Waals surface area contributed by atoms with E-state index in [2.05, 4.69) is 181 Å². The van der Waals surface area contributed by atoms with Gasteiger partial charge in [0.05, 0.1) is 16.8 Å². The molecule has 60 heavy (non-hydrogen) atoms. The van der Waals surface area contributed by atoms with Crippen LogP contribution in [0.15, 0.2) is 213 Å². The molecular weight excluding hydrogens is 731 g/mol. The number of para-hydroxylation sites is 2. The Bertz CT molecular complexity index is 3180. The van der Waals surface area contributed by atoms with Crippen molar-refractivity contribution in [3.63, 3.8) is 0 Å². The highest BCUT2D eigenvalue weighted by atomic mass is 16.5. The quantitative estimate of drug-likeness (QED) is 0.175. The van der Waals surface area contributed by atoms with Crippen LogP contribution < -0.4 is 4.74 Å². The number of rotatable bonds is 5. The molecule has 0 N–H and O–H groups in total. The molecule has 0 bridgehead atoms. The fraction of sp³-hybridized carbons (Fsp3) is 0.0179. The number of hydrogen-bond donors (Lipinski definition) is 0. The fourth-order valence-electron chi connectivity index (χ4n) is 9.69. The van der Waals surface area contributed by atoms with Gasteiger partial charge in [-0.05, 0) is 74.2 Å². The van der Waals surface area contributed by atoms with Crippen LogP contribution in [0, 0.1) is 0 Å². The molecule has 3 heterocycles. The van der Waals surface area contributed by atoms with Crippen LogP contribution in [0.2, 0.25) is 0 Å². The van der Waals surface area contributed by atoms with Gasteiger partial charge in [-0.15, -0.1) is 0 Å². The van der Waals surface area contributed by atoms with Crippen molar-refractivity contribution in [3.05, 3.63) is 235 Å². The summed E-state index contributed by atoms with van der Waals surface area (Å²) < 4.78 is 6.69. The van der Waals surface area contributed by atoms with Crippen LogP contribution in [0.1, 0.15) is 22.3 Å². The number of fused-ring (bicyclic) bond motifs is 10. The van der Waals surface area contributed by atoms with Gasteiger partial charge in [0, 0.05) is 45.6 Å². The first-order valence-electron chi connectivity index (χ1n) is 20.3. The van der Waals surface area contributed by atoms with E-state index in [9.17, 15) is 0 Å². The molecule has 1 aliphatic heterocycles. The Balaban J connectivity index is 1.10. The van der Waals surface area contributed by atoms with E-state index >= 15 is 0 Å². The highest BCUT2D eigenvalue weighted by Crippen LogP contribution is 2.64. The molecule has 0 radical (unpaired) electrons. The number of nitrogens with zero attached hydrogens (tertiary/aromatic N) is 3. The van der Waals surface area contributed by atoms with Crippen molar-refractivity contribution in [2.24, 2.45) is 0 Å². The van der Waals surface area contributed by atoms with Gasteiger partial charge in [0.15, 0.2) is 5.82 Å². The molecule has 0 saturated carbocycles. The lowest BCUT2D eigenvalue weighted by Crippen LogP contribution is -2.32. The summed E-state index contributed by atoms with van der Waals surface area (Å²) in [6, 6.07) is 71.0. The fourth-order valence-corrected chi connectivity index (χ4v) is 9.69. The molecule has 0 saturated heterocycles. The van der Waals surface area contributed by atoms with Crippen molar-refractivity contribution in [2.45, 2.75) is 5.41 Å². The van der Waals surface area contributed by atoms with Gasteiger partial charge in [0.2, 0.25) is 0 Å². The SMILES string of the molecule is c1ccc(-c2cc(-c3ccc(-c4cccc5c4-c4c(-c6cccc7ccncc67)cccc4C54c5ccccc5Oc5ccccc54)cc3)nc(-c3ccccc3)n2)cc1. The standard InChI is InChI=1S/C56H35N3O/c1-3-14-38(15-4-1)49-34-50(59-55(58-49)40-16-5-2-6-17-40)39-30-28-37(29-31-39)41-19-12-24-47-53(41)54-43(42-20-11-18-36-32-33-57-35-44(36)42)21-13-25-48(54)56(47)45-22-7-9-26-51(45)60-52-27-10-8-23-46(52)56/h1-35H. The van der Waals surface area contributed by atoms with Crippen molar-refractivity contribution in [1.82, 2.24) is 15.0 Å². The molecule has 4 nitrogen and oxygen atoms in total. The van der Waals surface area contributed by atoms with E-state index in [1.807, 2.05) is 36.7 Å². The lowest BCUT2D eigenvalue weighted by molar-refractivity contribution is 0.436. The number of pyridine rings is 1. The first-order chi connectivity index (χ1) is 29.8. The average molecular weight is 766 g/mol. The van der Waals surface area contributed by atoms with Crippen LogP contribution >= 0.6 is 0 Å². The summed E-state index contributed by atoms with van der Waals surface area (Å²) in [5.41, 5.74) is 16.0. The maximum Gasteiger partial charge on any atom is 0.160 e. The number of hydrogen-bond acceptors (Lipinski definition) is 4. The maximum atomic E-state index is 6.69. The summed E-state index contributed by atoms with van der Waals surface area (Å²) in [4.78, 5) is 14.8. The Morgan fingerprint density at radius 3 is 1.58 bits per heavy atom. The van der Waals surface area contributed by atoms with Crippen LogP contribution in [-0.4, -0.2) is 15.0 Å². The first kappa shape index (κ1) is 34.1. The zero-order valence-electron chi connectivity index (χ0n) is 32.5. The van der Waals surface area contributed by atoms with Crippen molar-refractivity contribution in [1.29, 1.82) is 0 Å². The molecule has 0 atom stereocenters. The van der Waals surface area contributed by atoms with E-state index in [0.717, 1.165) is 72.6 Å². The number of aromatic nitrogens is 3. The smallest absolute Gasteiger partial charge is 0.160 e. The summed E-state index contributed by atoms with van der Waals surface area (Å²) in [5, 5.41) is 2.29. The average Bonchev–Trinajstić information content (AvgIpc) is 3.63. The van der Waals surface area contributed by atoms with Crippen molar-refractivity contribution >= 4 is 10.8 Å². The molecule has 12 rings (SSSR count). The molecule has 0 fully saturated rings. The minimum Gasteiger partial charge on any atom is -0.457 e. The second-order valence-electron chi connectivity index (χ2n) is 15.5. The third kappa shape index (κ3) is 5.14. The highest BCUT2D eigenvalue weighted by Gasteiger charge is 2.52. The lowest BCUT2D eigenvalue weighted by atomic mass is 9.66. The molecule has 2 aliphatic rings. The van der Waals surface area contributed by atoms with Gasteiger partial charge in [0.1, 0.15) is 11.5 Å². The summed E-state index contributed by atoms with van der Waals surface area (Å²) in [7, 11) is 0. The van der Waals surface area contributed by atoms with Crippen LogP contribution in [0.3, 0.4) is 0 Å². The lowest BCUT2D eigenvalue weighted by Gasteiger charge is -2.39. The normalized spacial score (nSPS) is 12.9. The minimum absolute atomic E-state index is 0.618. The summed E-state index contributed by atoms with van der Waals surface area (Å²) in [6.45, 7) is 0. The monoisotopic (exact) mass is 765 g/mol. The molecule has 1 spiro atoms. The Morgan fingerprint density at radius 2 is 0.900 bits per heavy atom. The molecule has 4 heteroatoms. The van der Waals surface area contributed by atoms with Gasteiger partial charge in [-0.2, -0.15) is 0 Å². The van der Waals surface area contributed by atoms with Crippen molar-refractivity contribution in [2.75, 3.05) is 0 Å². The van der Waals surface area contributed by atoms with Crippen LogP contribution in [-0.2, 0) is 5.41 Å². The molecule has 10 aromatic rings. The second kappa shape index (κ2) is 13.6. The topological polar surface area (TPSA) is 47.9 Å². The van der Waals surface area contributed by atoms with E-state index in [4.69, 9.17) is 14.7 Å². The number of ether oxygens (including phenoxy) is 1. The summed E-state index contributed by atoms with van der Waals surface area (Å²) in [6.07, 6.45) is 3.87. The van der Waals surface area contributed by atoms with E-state index in [-0.39, 0.29) is 0 Å². The predicted octanol–water partition coefficient (Wildman–Crippen LogP) is 13.8. The van der Waals surface area contributed by atoms with E-state index < -0.39 is 5.41 Å². The Hall–Kier alpha value is -7.95. The maximum absolute atomic E-state index is 6.69. The Kier molecular flexibility index (Phi) is 7.72. The summed E-state index contributed by atoms with van der Waals surface area (Å²) in [5.74, 6) is 2.45. The molecule has 280 valence electrons. The predicted molar refractivity (Wildman–Crippen MR) is 242 cm³/mol. The second-order valence-corrected chi connectivity index (χ2v) is 15.5. The molecule has 0 amide bonds. The van der Waals surface area contributed by atoms with Crippen LogP contribution in [0.25, 0.3) is 78.1 Å². The summed E-state index contributed by atoms with van der Waals surface area (Å²) >= 11 is 0. The van der Waals surface area contributed by atoms with Gasteiger partial charge in [0.25, 0.3) is 0 Å². The van der Waals surface area contributed by atoms with Crippen molar-refractivity contribution < 1.29 is 4.74 Å². The van der Waals surface area contributed by atoms with E-state index in [1.54, 1.807) is 0 Å². The van der Waals surface area contributed by atoms with Crippen LogP contribution in [0.5, 0.6) is 11.5 Å². The van der Waals surface area contributed by atoms with E-state index in [0.29, 0.717) is 5.82 Å². The Morgan fingerprint density at radius 1 is 0.383 bits per heavy atom. The van der Waals surface area contributed by atoms with E-state index in [1.165, 1.54) is 33.4 Å². The third-order valence-corrected chi connectivity index (χ3v) is 12.3. The zero-order valence-corrected chi connectivity index (χ0v) is 32.5. The third-order valence-electron chi connectivity index (χ3n) is 12.3. The molecule has 0 unspecified atom stereocenters. The van der Waals surface area contributed by atoms with Gasteiger partial charge < -0.3 is 4.74 Å². The van der Waals surface area contributed by atoms with Crippen LogP contribution in [0.4, 0.5) is 0 Å². The van der Waals surface area contributed by atoms with Gasteiger partial charge >= 0.3 is 0 Å².